The second-order valence-electron chi connectivity index (χ2n) is 5.01. The Kier molecular flexibility index (Phi) is 3.50. The first kappa shape index (κ1) is 12.8. The highest BCUT2D eigenvalue weighted by molar-refractivity contribution is 5.84. The van der Waals surface area contributed by atoms with Gasteiger partial charge in [-0.1, -0.05) is 23.4 Å². The van der Waals surface area contributed by atoms with Crippen molar-refractivity contribution in [3.63, 3.8) is 0 Å². The average molecular weight is 272 g/mol. The number of carbonyl (C=O) groups excluding carboxylic acids is 1. The Hall–Kier alpha value is -2.17. The van der Waals surface area contributed by atoms with Crippen LogP contribution in [0.15, 0.2) is 28.8 Å². The molecule has 5 heteroatoms. The first-order valence-electron chi connectivity index (χ1n) is 6.72. The van der Waals surface area contributed by atoms with Gasteiger partial charge in [0, 0.05) is 17.9 Å². The molecule has 0 unspecified atom stereocenters. The number of nitrogens with zero attached hydrogens (tertiary/aromatic N) is 2. The highest BCUT2D eigenvalue weighted by Gasteiger charge is 2.30. The summed E-state index contributed by atoms with van der Waals surface area (Å²) in [5.41, 5.74) is 0.996. The summed E-state index contributed by atoms with van der Waals surface area (Å²) < 4.78 is 10.4. The first-order valence-corrected chi connectivity index (χ1v) is 6.72. The van der Waals surface area contributed by atoms with Gasteiger partial charge in [-0.05, 0) is 18.9 Å². The molecule has 5 nitrogen and oxygen atoms in total. The van der Waals surface area contributed by atoms with E-state index in [0.29, 0.717) is 18.1 Å². The van der Waals surface area contributed by atoms with Crippen LogP contribution in [0.1, 0.15) is 30.1 Å². The van der Waals surface area contributed by atoms with E-state index >= 15 is 0 Å². The summed E-state index contributed by atoms with van der Waals surface area (Å²) in [7, 11) is 1.63. The average Bonchev–Trinajstić information content (AvgIpc) is 3.23. The number of para-hydroxylation sites is 1. The van der Waals surface area contributed by atoms with Crippen molar-refractivity contribution in [2.45, 2.75) is 25.7 Å². The molecule has 0 N–H and O–H groups in total. The van der Waals surface area contributed by atoms with Gasteiger partial charge in [0.25, 0.3) is 0 Å². The van der Waals surface area contributed by atoms with Gasteiger partial charge in [-0.25, -0.2) is 0 Å². The van der Waals surface area contributed by atoms with Crippen molar-refractivity contribution in [3.05, 3.63) is 41.5 Å². The Bertz CT molecular complexity index is 617. The van der Waals surface area contributed by atoms with Crippen LogP contribution in [0.25, 0.3) is 0 Å². The zero-order valence-corrected chi connectivity index (χ0v) is 11.3. The number of benzene rings is 1. The highest BCUT2D eigenvalue weighted by Crippen LogP contribution is 2.30. The molecule has 0 atom stereocenters. The maximum atomic E-state index is 11.7. The standard InChI is InChI=1S/C15H16N2O3/c1-19-13-5-3-2-4-11(13)8-14-16-15(20-17-14)9-12(18)10-6-7-10/h2-5,10H,6-9H2,1H3. The van der Waals surface area contributed by atoms with Gasteiger partial charge in [-0.15, -0.1) is 0 Å². The Labute approximate surface area is 116 Å². The Morgan fingerprint density at radius 3 is 2.95 bits per heavy atom. The lowest BCUT2D eigenvalue weighted by Gasteiger charge is -2.04. The van der Waals surface area contributed by atoms with Gasteiger partial charge >= 0.3 is 0 Å². The van der Waals surface area contributed by atoms with Crippen molar-refractivity contribution in [2.75, 3.05) is 7.11 Å². The molecule has 0 spiro atoms. The maximum Gasteiger partial charge on any atom is 0.234 e. The second kappa shape index (κ2) is 5.45. The summed E-state index contributed by atoms with van der Waals surface area (Å²) in [5.74, 6) is 2.21. The third-order valence-electron chi connectivity index (χ3n) is 3.41. The van der Waals surface area contributed by atoms with Gasteiger partial charge < -0.3 is 9.26 Å². The van der Waals surface area contributed by atoms with E-state index in [2.05, 4.69) is 10.1 Å². The number of aromatic nitrogens is 2. The molecule has 2 aromatic rings. The van der Waals surface area contributed by atoms with Crippen LogP contribution < -0.4 is 4.74 Å². The van der Waals surface area contributed by atoms with E-state index in [4.69, 9.17) is 9.26 Å². The molecule has 0 saturated heterocycles. The topological polar surface area (TPSA) is 65.2 Å². The highest BCUT2D eigenvalue weighted by atomic mass is 16.5. The van der Waals surface area contributed by atoms with Crippen molar-refractivity contribution < 1.29 is 14.1 Å². The summed E-state index contributed by atoms with van der Waals surface area (Å²) >= 11 is 0. The van der Waals surface area contributed by atoms with Gasteiger partial charge in [0.15, 0.2) is 5.82 Å². The minimum absolute atomic E-state index is 0.206. The van der Waals surface area contributed by atoms with Crippen molar-refractivity contribution in [1.82, 2.24) is 10.1 Å². The minimum Gasteiger partial charge on any atom is -0.496 e. The molecule has 3 rings (SSSR count). The lowest BCUT2D eigenvalue weighted by atomic mass is 10.1. The van der Waals surface area contributed by atoms with Crippen LogP contribution in [-0.2, 0) is 17.6 Å². The predicted octanol–water partition coefficient (Wildman–Crippen LogP) is 2.19. The summed E-state index contributed by atoms with van der Waals surface area (Å²) in [4.78, 5) is 16.0. The normalized spacial score (nSPS) is 14.2. The summed E-state index contributed by atoms with van der Waals surface area (Å²) in [6.45, 7) is 0. The van der Waals surface area contributed by atoms with Crippen molar-refractivity contribution in [1.29, 1.82) is 0 Å². The third kappa shape index (κ3) is 2.87. The molecule has 1 aromatic carbocycles. The fraction of sp³-hybridized carbons (Fsp3) is 0.400. The third-order valence-corrected chi connectivity index (χ3v) is 3.41. The molecule has 1 aliphatic carbocycles. The van der Waals surface area contributed by atoms with Crippen LogP contribution in [0.2, 0.25) is 0 Å². The number of rotatable bonds is 6. The molecule has 1 aromatic heterocycles. The monoisotopic (exact) mass is 272 g/mol. The molecular weight excluding hydrogens is 256 g/mol. The molecule has 1 saturated carbocycles. The number of ketones is 1. The van der Waals surface area contributed by atoms with Gasteiger partial charge in [-0.2, -0.15) is 4.98 Å². The second-order valence-corrected chi connectivity index (χ2v) is 5.01. The number of methoxy groups -OCH3 is 1. The summed E-state index contributed by atoms with van der Waals surface area (Å²) in [5, 5.41) is 3.93. The van der Waals surface area contributed by atoms with E-state index in [0.717, 1.165) is 24.2 Å². The van der Waals surface area contributed by atoms with Gasteiger partial charge in [-0.3, -0.25) is 4.79 Å². The zero-order valence-electron chi connectivity index (χ0n) is 11.3. The number of hydrogen-bond donors (Lipinski definition) is 0. The fourth-order valence-electron chi connectivity index (χ4n) is 2.15. The zero-order chi connectivity index (χ0) is 13.9. The van der Waals surface area contributed by atoms with Crippen LogP contribution in [0.3, 0.4) is 0 Å². The number of carbonyl (C=O) groups is 1. The quantitative estimate of drug-likeness (QED) is 0.806. The molecular formula is C15H16N2O3. The molecule has 0 amide bonds. The predicted molar refractivity (Wildman–Crippen MR) is 71.5 cm³/mol. The van der Waals surface area contributed by atoms with Crippen LogP contribution in [0, 0.1) is 5.92 Å². The molecule has 1 fully saturated rings. The SMILES string of the molecule is COc1ccccc1Cc1noc(CC(=O)C2CC2)n1. The van der Waals surface area contributed by atoms with Gasteiger partial charge in [0.2, 0.25) is 5.89 Å². The molecule has 0 radical (unpaired) electrons. The van der Waals surface area contributed by atoms with Crippen molar-refractivity contribution in [2.24, 2.45) is 5.92 Å². The van der Waals surface area contributed by atoms with Crippen LogP contribution >= 0.6 is 0 Å². The van der Waals surface area contributed by atoms with E-state index in [1.54, 1.807) is 7.11 Å². The molecule has 1 aliphatic rings. The molecule has 104 valence electrons. The van der Waals surface area contributed by atoms with E-state index in [-0.39, 0.29) is 18.1 Å². The minimum atomic E-state index is 0.206. The fourth-order valence-corrected chi connectivity index (χ4v) is 2.15. The molecule has 20 heavy (non-hydrogen) atoms. The van der Waals surface area contributed by atoms with E-state index < -0.39 is 0 Å². The van der Waals surface area contributed by atoms with Crippen LogP contribution in [0.5, 0.6) is 5.75 Å². The smallest absolute Gasteiger partial charge is 0.234 e. The largest absolute Gasteiger partial charge is 0.496 e. The number of hydrogen-bond acceptors (Lipinski definition) is 5. The first-order chi connectivity index (χ1) is 9.76. The molecule has 0 bridgehead atoms. The van der Waals surface area contributed by atoms with Gasteiger partial charge in [0.05, 0.1) is 13.5 Å². The number of ether oxygens (including phenoxy) is 1. The Morgan fingerprint density at radius 1 is 1.40 bits per heavy atom. The van der Waals surface area contributed by atoms with E-state index in [1.165, 1.54) is 0 Å². The van der Waals surface area contributed by atoms with Crippen LogP contribution in [0.4, 0.5) is 0 Å². The Morgan fingerprint density at radius 2 is 2.20 bits per heavy atom. The number of Topliss-reactive ketones (excluding diaryl/α,β-unsaturated/α-hetero) is 1. The maximum absolute atomic E-state index is 11.7. The van der Waals surface area contributed by atoms with E-state index in [1.807, 2.05) is 24.3 Å². The summed E-state index contributed by atoms with van der Waals surface area (Å²) in [6.07, 6.45) is 2.79. The van der Waals surface area contributed by atoms with Crippen molar-refractivity contribution in [3.8, 4) is 5.75 Å². The van der Waals surface area contributed by atoms with Gasteiger partial charge in [0.1, 0.15) is 11.5 Å². The molecule has 0 aliphatic heterocycles. The van der Waals surface area contributed by atoms with Crippen molar-refractivity contribution >= 4 is 5.78 Å². The van der Waals surface area contributed by atoms with Crippen LogP contribution in [-0.4, -0.2) is 23.0 Å². The molecule has 1 heterocycles. The Balaban J connectivity index is 1.68. The summed E-state index contributed by atoms with van der Waals surface area (Å²) in [6, 6.07) is 7.71. The lowest BCUT2D eigenvalue weighted by Crippen LogP contribution is -2.05. The lowest BCUT2D eigenvalue weighted by molar-refractivity contribution is -0.119. The van der Waals surface area contributed by atoms with E-state index in [9.17, 15) is 4.79 Å².